The van der Waals surface area contributed by atoms with Gasteiger partial charge in [0.2, 0.25) is 0 Å². The van der Waals surface area contributed by atoms with Crippen molar-refractivity contribution in [3.63, 3.8) is 0 Å². The summed E-state index contributed by atoms with van der Waals surface area (Å²) in [6, 6.07) is 7.37. The van der Waals surface area contributed by atoms with E-state index in [4.69, 9.17) is 15.4 Å². The Kier molecular flexibility index (Phi) is 4.73. The lowest BCUT2D eigenvalue weighted by Gasteiger charge is -2.08. The molecule has 0 saturated heterocycles. The second-order valence-electron chi connectivity index (χ2n) is 4.63. The smallest absolute Gasteiger partial charge is 0.263 e. The molecule has 0 radical (unpaired) electrons. The third-order valence-electron chi connectivity index (χ3n) is 3.22. The van der Waals surface area contributed by atoms with Crippen molar-refractivity contribution >= 4 is 30.6 Å². The minimum absolute atomic E-state index is 0.199. The largest absolute Gasteiger partial charge is 0.380 e. The maximum atomic E-state index is 11.8. The second-order valence-corrected chi connectivity index (χ2v) is 7.14. The van der Waals surface area contributed by atoms with E-state index in [2.05, 4.69) is 6.92 Å². The van der Waals surface area contributed by atoms with Gasteiger partial charge in [-0.15, -0.1) is 0 Å². The molecule has 0 spiro atoms. The van der Waals surface area contributed by atoms with Gasteiger partial charge in [-0.2, -0.15) is 0 Å². The number of rotatable bonds is 6. The molecule has 0 fully saturated rings. The summed E-state index contributed by atoms with van der Waals surface area (Å²) in [7, 11) is 1.80. The Morgan fingerprint density at radius 3 is 2.60 bits per heavy atom. The molecule has 0 N–H and O–H groups in total. The van der Waals surface area contributed by atoms with Gasteiger partial charge >= 0.3 is 0 Å². The third-order valence-corrected chi connectivity index (χ3v) is 4.69. The molecule has 0 aliphatic heterocycles. The van der Waals surface area contributed by atoms with Crippen LogP contribution in [0.25, 0.3) is 10.9 Å². The van der Waals surface area contributed by atoms with Crippen LogP contribution in [0.15, 0.2) is 29.2 Å². The normalized spacial score (nSPS) is 12.2. The van der Waals surface area contributed by atoms with Crippen LogP contribution in [-0.4, -0.2) is 26.2 Å². The van der Waals surface area contributed by atoms with E-state index in [1.165, 1.54) is 0 Å². The Hall–Kier alpha value is -1.04. The van der Waals surface area contributed by atoms with Gasteiger partial charge in [0.25, 0.3) is 9.05 Å². The molecule has 110 valence electrons. The number of hydrogen-bond acceptors (Lipinski definition) is 3. The Morgan fingerprint density at radius 1 is 1.25 bits per heavy atom. The number of halogens is 1. The summed E-state index contributed by atoms with van der Waals surface area (Å²) in [6.07, 6.45) is 0.965. The SMILES string of the molecule is CCCOCCn1c(C)c(S(=O)(=O)Cl)c2ccccc21. The van der Waals surface area contributed by atoms with Crippen LogP contribution >= 0.6 is 10.7 Å². The maximum Gasteiger partial charge on any atom is 0.263 e. The van der Waals surface area contributed by atoms with Crippen LogP contribution in [0.1, 0.15) is 19.0 Å². The fraction of sp³-hybridized carbons (Fsp3) is 0.429. The van der Waals surface area contributed by atoms with E-state index in [0.29, 0.717) is 30.8 Å². The lowest BCUT2D eigenvalue weighted by atomic mass is 10.2. The third kappa shape index (κ3) is 3.00. The van der Waals surface area contributed by atoms with Crippen molar-refractivity contribution in [3.8, 4) is 0 Å². The van der Waals surface area contributed by atoms with Gasteiger partial charge in [0.15, 0.2) is 0 Å². The van der Waals surface area contributed by atoms with Crippen LogP contribution in [0.2, 0.25) is 0 Å². The highest BCUT2D eigenvalue weighted by atomic mass is 35.7. The summed E-state index contributed by atoms with van der Waals surface area (Å²) in [6.45, 7) is 5.69. The first-order valence-corrected chi connectivity index (χ1v) is 8.88. The van der Waals surface area contributed by atoms with Gasteiger partial charge in [0.1, 0.15) is 4.90 Å². The van der Waals surface area contributed by atoms with Gasteiger partial charge in [0.05, 0.1) is 6.61 Å². The summed E-state index contributed by atoms with van der Waals surface area (Å²) in [5.74, 6) is 0. The predicted octanol–water partition coefficient (Wildman–Crippen LogP) is 3.30. The van der Waals surface area contributed by atoms with Crippen molar-refractivity contribution in [2.24, 2.45) is 0 Å². The lowest BCUT2D eigenvalue weighted by molar-refractivity contribution is 0.127. The summed E-state index contributed by atoms with van der Waals surface area (Å²) >= 11 is 0. The minimum atomic E-state index is -3.76. The Bertz CT molecular complexity index is 707. The molecule has 20 heavy (non-hydrogen) atoms. The number of hydrogen-bond donors (Lipinski definition) is 0. The number of para-hydroxylation sites is 1. The average Bonchev–Trinajstić information content (AvgIpc) is 2.67. The van der Waals surface area contributed by atoms with Crippen molar-refractivity contribution in [3.05, 3.63) is 30.0 Å². The fourth-order valence-corrected chi connectivity index (χ4v) is 3.88. The molecule has 0 aliphatic rings. The van der Waals surface area contributed by atoms with E-state index < -0.39 is 9.05 Å². The van der Waals surface area contributed by atoms with E-state index in [1.54, 1.807) is 13.0 Å². The van der Waals surface area contributed by atoms with Crippen LogP contribution < -0.4 is 0 Å². The van der Waals surface area contributed by atoms with Crippen molar-refractivity contribution in [2.45, 2.75) is 31.7 Å². The molecule has 0 aliphatic carbocycles. The van der Waals surface area contributed by atoms with Crippen LogP contribution in [-0.2, 0) is 20.3 Å². The highest BCUT2D eigenvalue weighted by molar-refractivity contribution is 8.14. The van der Waals surface area contributed by atoms with E-state index >= 15 is 0 Å². The van der Waals surface area contributed by atoms with E-state index in [1.807, 2.05) is 22.8 Å². The first-order chi connectivity index (χ1) is 9.46. The van der Waals surface area contributed by atoms with Gasteiger partial charge < -0.3 is 9.30 Å². The Balaban J connectivity index is 2.47. The quantitative estimate of drug-likeness (QED) is 0.607. The first-order valence-electron chi connectivity index (χ1n) is 6.57. The topological polar surface area (TPSA) is 48.3 Å². The second kappa shape index (κ2) is 6.16. The molecule has 0 atom stereocenters. The first kappa shape index (κ1) is 15.4. The molecule has 6 heteroatoms. The highest BCUT2D eigenvalue weighted by Crippen LogP contribution is 2.31. The zero-order chi connectivity index (χ0) is 14.8. The molecule has 2 aromatic rings. The van der Waals surface area contributed by atoms with Gasteiger partial charge in [-0.25, -0.2) is 8.42 Å². The number of aromatic nitrogens is 1. The summed E-state index contributed by atoms with van der Waals surface area (Å²) in [5.41, 5.74) is 1.52. The zero-order valence-electron chi connectivity index (χ0n) is 11.6. The summed E-state index contributed by atoms with van der Waals surface area (Å²) < 4.78 is 31.0. The predicted molar refractivity (Wildman–Crippen MR) is 80.8 cm³/mol. The van der Waals surface area contributed by atoms with Crippen LogP contribution in [0.4, 0.5) is 0 Å². The van der Waals surface area contributed by atoms with Gasteiger partial charge in [0, 0.05) is 40.4 Å². The zero-order valence-corrected chi connectivity index (χ0v) is 13.2. The molecule has 1 aromatic heterocycles. The van der Waals surface area contributed by atoms with Crippen molar-refractivity contribution < 1.29 is 13.2 Å². The van der Waals surface area contributed by atoms with Crippen LogP contribution in [0.5, 0.6) is 0 Å². The van der Waals surface area contributed by atoms with Crippen molar-refractivity contribution in [1.82, 2.24) is 4.57 Å². The molecule has 0 bridgehead atoms. The lowest BCUT2D eigenvalue weighted by Crippen LogP contribution is -2.08. The molecule has 0 unspecified atom stereocenters. The van der Waals surface area contributed by atoms with Crippen molar-refractivity contribution in [1.29, 1.82) is 0 Å². The minimum Gasteiger partial charge on any atom is -0.380 e. The molecule has 4 nitrogen and oxygen atoms in total. The molecule has 0 amide bonds. The van der Waals surface area contributed by atoms with Crippen LogP contribution in [0, 0.1) is 6.92 Å². The molecule has 1 heterocycles. The molecule has 0 saturated carbocycles. The monoisotopic (exact) mass is 315 g/mol. The number of benzene rings is 1. The summed E-state index contributed by atoms with van der Waals surface area (Å²) in [5, 5.41) is 0.662. The van der Waals surface area contributed by atoms with E-state index in [9.17, 15) is 8.42 Å². The van der Waals surface area contributed by atoms with Crippen LogP contribution in [0.3, 0.4) is 0 Å². The maximum absolute atomic E-state index is 11.8. The number of nitrogens with zero attached hydrogens (tertiary/aromatic N) is 1. The van der Waals surface area contributed by atoms with E-state index in [-0.39, 0.29) is 4.90 Å². The highest BCUT2D eigenvalue weighted by Gasteiger charge is 2.22. The molecular formula is C14H18ClNO3S. The Labute approximate surface area is 123 Å². The average molecular weight is 316 g/mol. The fourth-order valence-electron chi connectivity index (χ4n) is 2.40. The molecular weight excluding hydrogens is 298 g/mol. The molecule has 2 rings (SSSR count). The number of ether oxygens (including phenoxy) is 1. The molecule has 1 aromatic carbocycles. The van der Waals surface area contributed by atoms with Gasteiger partial charge in [-0.1, -0.05) is 25.1 Å². The van der Waals surface area contributed by atoms with Gasteiger partial charge in [-0.3, -0.25) is 0 Å². The summed E-state index contributed by atoms with van der Waals surface area (Å²) in [4.78, 5) is 0.199. The number of fused-ring (bicyclic) bond motifs is 1. The Morgan fingerprint density at radius 2 is 1.95 bits per heavy atom. The van der Waals surface area contributed by atoms with Gasteiger partial charge in [-0.05, 0) is 19.4 Å². The van der Waals surface area contributed by atoms with Crippen molar-refractivity contribution in [2.75, 3.05) is 13.2 Å². The van der Waals surface area contributed by atoms with E-state index in [0.717, 1.165) is 11.9 Å². The standard InChI is InChI=1S/C14H18ClNO3S/c1-3-9-19-10-8-16-11(2)14(20(15,17)18)12-6-4-5-7-13(12)16/h4-7H,3,8-10H2,1-2H3.